The van der Waals surface area contributed by atoms with E-state index in [4.69, 9.17) is 0 Å². The molecular formula is C23H32F3NO3. The number of hydrogen-bond acceptors (Lipinski definition) is 4. The molecule has 168 valence electrons. The summed E-state index contributed by atoms with van der Waals surface area (Å²) in [6.45, 7) is 8.67. The van der Waals surface area contributed by atoms with Crippen LogP contribution in [0.15, 0.2) is 24.3 Å². The molecule has 1 saturated heterocycles. The maximum absolute atomic E-state index is 12.4. The van der Waals surface area contributed by atoms with Crippen molar-refractivity contribution in [3.8, 4) is 5.75 Å². The Labute approximate surface area is 176 Å². The number of rotatable bonds is 9. The molecule has 0 amide bonds. The first-order valence-electron chi connectivity index (χ1n) is 10.6. The molecule has 1 aliphatic rings. The average molecular weight is 428 g/mol. The molecule has 1 fully saturated rings. The SMILES string of the molecule is CC(C)(C)C(=O)CCCN1CCC(CCC(=O)c2cccc(OC(F)(F)F)c2)CC1. The molecule has 1 aromatic rings. The van der Waals surface area contributed by atoms with Crippen LogP contribution >= 0.6 is 0 Å². The number of nitrogens with zero attached hydrogens (tertiary/aromatic N) is 1. The van der Waals surface area contributed by atoms with Crippen LogP contribution in [0.1, 0.15) is 69.7 Å². The van der Waals surface area contributed by atoms with Crippen molar-refractivity contribution in [2.24, 2.45) is 11.3 Å². The first-order chi connectivity index (χ1) is 13.9. The Morgan fingerprint density at radius 3 is 2.37 bits per heavy atom. The number of carbonyl (C=O) groups is 2. The van der Waals surface area contributed by atoms with Gasteiger partial charge in [-0.05, 0) is 63.4 Å². The van der Waals surface area contributed by atoms with E-state index in [-0.39, 0.29) is 22.5 Å². The van der Waals surface area contributed by atoms with Gasteiger partial charge in [0.05, 0.1) is 0 Å². The van der Waals surface area contributed by atoms with Crippen LogP contribution in [-0.2, 0) is 4.79 Å². The highest BCUT2D eigenvalue weighted by Crippen LogP contribution is 2.26. The number of benzene rings is 1. The first kappa shape index (κ1) is 24.4. The van der Waals surface area contributed by atoms with E-state index >= 15 is 0 Å². The predicted molar refractivity (Wildman–Crippen MR) is 110 cm³/mol. The summed E-state index contributed by atoms with van der Waals surface area (Å²) in [6, 6.07) is 5.26. The Morgan fingerprint density at radius 1 is 1.10 bits per heavy atom. The van der Waals surface area contributed by atoms with Gasteiger partial charge in [-0.25, -0.2) is 0 Å². The van der Waals surface area contributed by atoms with Gasteiger partial charge < -0.3 is 9.64 Å². The zero-order valence-corrected chi connectivity index (χ0v) is 18.1. The molecule has 30 heavy (non-hydrogen) atoms. The van der Waals surface area contributed by atoms with E-state index in [9.17, 15) is 22.8 Å². The number of ether oxygens (including phenoxy) is 1. The predicted octanol–water partition coefficient (Wildman–Crippen LogP) is 5.66. The molecule has 1 heterocycles. The minimum Gasteiger partial charge on any atom is -0.406 e. The minimum absolute atomic E-state index is 0.161. The summed E-state index contributed by atoms with van der Waals surface area (Å²) in [6.07, 6.45) is -0.241. The molecular weight excluding hydrogens is 395 g/mol. The third-order valence-electron chi connectivity index (χ3n) is 5.59. The van der Waals surface area contributed by atoms with Gasteiger partial charge in [0.15, 0.2) is 5.78 Å². The molecule has 0 atom stereocenters. The smallest absolute Gasteiger partial charge is 0.406 e. The molecule has 2 rings (SSSR count). The van der Waals surface area contributed by atoms with E-state index in [0.717, 1.165) is 51.4 Å². The zero-order chi connectivity index (χ0) is 22.4. The van der Waals surface area contributed by atoms with Gasteiger partial charge in [-0.15, -0.1) is 13.2 Å². The monoisotopic (exact) mass is 427 g/mol. The lowest BCUT2D eigenvalue weighted by Gasteiger charge is -2.32. The molecule has 0 radical (unpaired) electrons. The van der Waals surface area contributed by atoms with Crippen LogP contribution in [0.4, 0.5) is 13.2 Å². The number of halogens is 3. The number of Topliss-reactive ketones (excluding diaryl/α,β-unsaturated/α-hetero) is 2. The summed E-state index contributed by atoms with van der Waals surface area (Å²) in [5.74, 6) is 0.203. The Balaban J connectivity index is 1.70. The third-order valence-corrected chi connectivity index (χ3v) is 5.59. The summed E-state index contributed by atoms with van der Waals surface area (Å²) in [4.78, 5) is 26.7. The van der Waals surface area contributed by atoms with Crippen LogP contribution in [0.25, 0.3) is 0 Å². The van der Waals surface area contributed by atoms with Crippen LogP contribution in [0, 0.1) is 11.3 Å². The second kappa shape index (κ2) is 10.4. The van der Waals surface area contributed by atoms with Gasteiger partial charge in [-0.3, -0.25) is 9.59 Å². The highest BCUT2D eigenvalue weighted by atomic mass is 19.4. The van der Waals surface area contributed by atoms with E-state index in [2.05, 4.69) is 9.64 Å². The standard InChI is InChI=1S/C23H32F3NO3/c1-22(2,3)21(29)8-5-13-27-14-11-17(12-15-27)9-10-20(28)18-6-4-7-19(16-18)30-23(24,25)26/h4,6-7,16-17H,5,8-15H2,1-3H3. The fourth-order valence-corrected chi connectivity index (χ4v) is 3.68. The van der Waals surface area contributed by atoms with Gasteiger partial charge in [-0.1, -0.05) is 32.9 Å². The van der Waals surface area contributed by atoms with Crippen molar-refractivity contribution >= 4 is 11.6 Å². The highest BCUT2D eigenvalue weighted by molar-refractivity contribution is 5.96. The summed E-state index contributed by atoms with van der Waals surface area (Å²) >= 11 is 0. The van der Waals surface area contributed by atoms with Gasteiger partial charge in [0, 0.05) is 23.8 Å². The van der Waals surface area contributed by atoms with Gasteiger partial charge in [0.25, 0.3) is 0 Å². The second-order valence-electron chi connectivity index (χ2n) is 9.10. The fraction of sp³-hybridized carbons (Fsp3) is 0.652. The highest BCUT2D eigenvalue weighted by Gasteiger charge is 2.31. The molecule has 0 saturated carbocycles. The van der Waals surface area contributed by atoms with Gasteiger partial charge in [0.2, 0.25) is 0 Å². The zero-order valence-electron chi connectivity index (χ0n) is 18.1. The minimum atomic E-state index is -4.77. The summed E-state index contributed by atoms with van der Waals surface area (Å²) in [5.41, 5.74) is -0.0320. The van der Waals surface area contributed by atoms with Crippen LogP contribution in [0.2, 0.25) is 0 Å². The molecule has 0 aromatic heterocycles. The van der Waals surface area contributed by atoms with Crippen LogP contribution in [-0.4, -0.2) is 42.5 Å². The molecule has 0 unspecified atom stereocenters. The Morgan fingerprint density at radius 2 is 1.77 bits per heavy atom. The van der Waals surface area contributed by atoms with Gasteiger partial charge in [0.1, 0.15) is 11.5 Å². The lowest BCUT2D eigenvalue weighted by atomic mass is 9.88. The number of ketones is 2. The van der Waals surface area contributed by atoms with Crippen molar-refractivity contribution in [3.05, 3.63) is 29.8 Å². The molecule has 1 aliphatic heterocycles. The Kier molecular flexibility index (Phi) is 8.47. The largest absolute Gasteiger partial charge is 0.573 e. The number of carbonyl (C=O) groups excluding carboxylic acids is 2. The van der Waals surface area contributed by atoms with Crippen molar-refractivity contribution in [3.63, 3.8) is 0 Å². The quantitative estimate of drug-likeness (QED) is 0.478. The van der Waals surface area contributed by atoms with Crippen molar-refractivity contribution in [1.29, 1.82) is 0 Å². The topological polar surface area (TPSA) is 46.6 Å². The molecule has 0 aliphatic carbocycles. The van der Waals surface area contributed by atoms with Crippen molar-refractivity contribution < 1.29 is 27.5 Å². The van der Waals surface area contributed by atoms with Crippen molar-refractivity contribution in [2.45, 2.75) is 65.7 Å². The van der Waals surface area contributed by atoms with E-state index in [1.165, 1.54) is 18.2 Å². The summed E-state index contributed by atoms with van der Waals surface area (Å²) in [7, 11) is 0. The lowest BCUT2D eigenvalue weighted by Crippen LogP contribution is -2.35. The molecule has 4 nitrogen and oxygen atoms in total. The van der Waals surface area contributed by atoms with Crippen LogP contribution in [0.5, 0.6) is 5.75 Å². The van der Waals surface area contributed by atoms with E-state index in [0.29, 0.717) is 24.5 Å². The second-order valence-corrected chi connectivity index (χ2v) is 9.10. The van der Waals surface area contributed by atoms with Crippen LogP contribution in [0.3, 0.4) is 0 Å². The number of piperidine rings is 1. The summed E-state index contributed by atoms with van der Waals surface area (Å²) in [5, 5.41) is 0. The molecule has 0 N–H and O–H groups in total. The normalized spacial score (nSPS) is 16.5. The van der Waals surface area contributed by atoms with E-state index < -0.39 is 6.36 Å². The van der Waals surface area contributed by atoms with Gasteiger partial charge in [-0.2, -0.15) is 0 Å². The number of alkyl halides is 3. The maximum Gasteiger partial charge on any atom is 0.573 e. The van der Waals surface area contributed by atoms with Gasteiger partial charge >= 0.3 is 6.36 Å². The summed E-state index contributed by atoms with van der Waals surface area (Å²) < 4.78 is 40.9. The van der Waals surface area contributed by atoms with E-state index in [1.807, 2.05) is 20.8 Å². The molecule has 0 spiro atoms. The van der Waals surface area contributed by atoms with Crippen molar-refractivity contribution in [1.82, 2.24) is 4.90 Å². The number of hydrogen-bond donors (Lipinski definition) is 0. The maximum atomic E-state index is 12.4. The first-order valence-corrected chi connectivity index (χ1v) is 10.6. The van der Waals surface area contributed by atoms with Crippen molar-refractivity contribution in [2.75, 3.05) is 19.6 Å². The third kappa shape index (κ3) is 8.46. The number of likely N-dealkylation sites (tertiary alicyclic amines) is 1. The molecule has 1 aromatic carbocycles. The lowest BCUT2D eigenvalue weighted by molar-refractivity contribution is -0.274. The fourth-order valence-electron chi connectivity index (χ4n) is 3.68. The Hall–Kier alpha value is -1.89. The average Bonchev–Trinajstić information content (AvgIpc) is 2.65. The molecule has 0 bridgehead atoms. The van der Waals surface area contributed by atoms with E-state index in [1.54, 1.807) is 0 Å². The van der Waals surface area contributed by atoms with Crippen LogP contribution < -0.4 is 4.74 Å². The molecule has 7 heteroatoms. The Bertz CT molecular complexity index is 717.